The third kappa shape index (κ3) is 4.45. The van der Waals surface area contributed by atoms with Gasteiger partial charge >= 0.3 is 0 Å². The van der Waals surface area contributed by atoms with Crippen LogP contribution in [0.15, 0.2) is 0 Å². The van der Waals surface area contributed by atoms with Crippen molar-refractivity contribution in [2.24, 2.45) is 11.3 Å². The van der Waals surface area contributed by atoms with Gasteiger partial charge in [0.15, 0.2) is 9.84 Å². The second kappa shape index (κ2) is 6.35. The van der Waals surface area contributed by atoms with E-state index in [1.807, 2.05) is 0 Å². The summed E-state index contributed by atoms with van der Waals surface area (Å²) in [5, 5.41) is 3.48. The van der Waals surface area contributed by atoms with E-state index >= 15 is 0 Å². The molecular weight excluding hydrogens is 270 g/mol. The molecular formula is C16H33NO2S. The topological polar surface area (TPSA) is 46.2 Å². The van der Waals surface area contributed by atoms with Gasteiger partial charge in [0.2, 0.25) is 0 Å². The molecule has 0 amide bonds. The maximum atomic E-state index is 11.7. The number of hydrogen-bond donors (Lipinski definition) is 1. The van der Waals surface area contributed by atoms with Gasteiger partial charge in [-0.1, -0.05) is 27.2 Å². The van der Waals surface area contributed by atoms with E-state index in [0.29, 0.717) is 18.0 Å². The molecule has 1 fully saturated rings. The van der Waals surface area contributed by atoms with E-state index in [2.05, 4.69) is 26.1 Å². The summed E-state index contributed by atoms with van der Waals surface area (Å²) in [4.78, 5) is 0. The summed E-state index contributed by atoms with van der Waals surface area (Å²) in [5.41, 5.74) is 0.441. The number of hydrogen-bond acceptors (Lipinski definition) is 3. The molecule has 4 heteroatoms. The smallest absolute Gasteiger partial charge is 0.153 e. The Balaban J connectivity index is 2.45. The van der Waals surface area contributed by atoms with Gasteiger partial charge in [-0.3, -0.25) is 0 Å². The van der Waals surface area contributed by atoms with Crippen molar-refractivity contribution >= 4 is 9.84 Å². The lowest BCUT2D eigenvalue weighted by atomic mass is 9.69. The SMILES string of the molecule is CCC(C)(C)C1CCC(NCC(C)(C)S(C)(=O)=O)CC1. The molecule has 0 bridgehead atoms. The average molecular weight is 304 g/mol. The van der Waals surface area contributed by atoms with Crippen molar-refractivity contribution < 1.29 is 8.42 Å². The van der Waals surface area contributed by atoms with Gasteiger partial charge in [-0.05, 0) is 50.9 Å². The fraction of sp³-hybridized carbons (Fsp3) is 1.00. The summed E-state index contributed by atoms with van der Waals surface area (Å²) in [6.07, 6.45) is 7.43. The fourth-order valence-electron chi connectivity index (χ4n) is 2.89. The summed E-state index contributed by atoms with van der Waals surface area (Å²) >= 11 is 0. The van der Waals surface area contributed by atoms with Crippen molar-refractivity contribution in [1.29, 1.82) is 0 Å². The molecule has 0 radical (unpaired) electrons. The van der Waals surface area contributed by atoms with Gasteiger partial charge in [0.05, 0.1) is 4.75 Å². The third-order valence-electron chi connectivity index (χ3n) is 5.56. The molecule has 0 aromatic carbocycles. The third-order valence-corrected chi connectivity index (χ3v) is 7.72. The van der Waals surface area contributed by atoms with Crippen molar-refractivity contribution in [1.82, 2.24) is 5.32 Å². The van der Waals surface area contributed by atoms with Crippen LogP contribution in [0.5, 0.6) is 0 Å². The van der Waals surface area contributed by atoms with E-state index in [4.69, 9.17) is 0 Å². The molecule has 20 heavy (non-hydrogen) atoms. The Morgan fingerprint density at radius 1 is 1.05 bits per heavy atom. The van der Waals surface area contributed by atoms with Gasteiger partial charge < -0.3 is 5.32 Å². The number of sulfone groups is 1. The highest BCUT2D eigenvalue weighted by Crippen LogP contribution is 2.40. The average Bonchev–Trinajstić information content (AvgIpc) is 2.35. The van der Waals surface area contributed by atoms with Crippen LogP contribution in [-0.2, 0) is 9.84 Å². The summed E-state index contributed by atoms with van der Waals surface area (Å²) < 4.78 is 22.7. The molecule has 1 N–H and O–H groups in total. The number of nitrogens with one attached hydrogen (secondary N) is 1. The van der Waals surface area contributed by atoms with Gasteiger partial charge in [-0.15, -0.1) is 0 Å². The Morgan fingerprint density at radius 2 is 1.55 bits per heavy atom. The molecule has 1 rings (SSSR count). The molecule has 0 aliphatic heterocycles. The molecule has 1 saturated carbocycles. The van der Waals surface area contributed by atoms with E-state index in [-0.39, 0.29) is 0 Å². The summed E-state index contributed by atoms with van der Waals surface area (Å²) in [6.45, 7) is 11.2. The van der Waals surface area contributed by atoms with Gasteiger partial charge in [0.1, 0.15) is 0 Å². The Kier molecular flexibility index (Phi) is 5.70. The largest absolute Gasteiger partial charge is 0.312 e. The molecule has 0 unspecified atom stereocenters. The van der Waals surface area contributed by atoms with Gasteiger partial charge in [0, 0.05) is 18.8 Å². The molecule has 3 nitrogen and oxygen atoms in total. The Hall–Kier alpha value is -0.0900. The minimum Gasteiger partial charge on any atom is -0.312 e. The molecule has 0 atom stereocenters. The quantitative estimate of drug-likeness (QED) is 0.818. The first-order chi connectivity index (χ1) is 8.99. The van der Waals surface area contributed by atoms with Crippen molar-refractivity contribution in [3.05, 3.63) is 0 Å². The lowest BCUT2D eigenvalue weighted by Gasteiger charge is -2.39. The summed E-state index contributed by atoms with van der Waals surface area (Å²) in [7, 11) is -3.00. The first-order valence-electron chi connectivity index (χ1n) is 7.92. The Morgan fingerprint density at radius 3 is 1.95 bits per heavy atom. The van der Waals surface area contributed by atoms with Crippen LogP contribution >= 0.6 is 0 Å². The highest BCUT2D eigenvalue weighted by atomic mass is 32.2. The maximum absolute atomic E-state index is 11.7. The minimum absolute atomic E-state index is 0.441. The normalized spacial score (nSPS) is 25.7. The Bertz CT molecular complexity index is 404. The van der Waals surface area contributed by atoms with Gasteiger partial charge in [-0.25, -0.2) is 8.42 Å². The molecule has 1 aliphatic rings. The first-order valence-corrected chi connectivity index (χ1v) is 9.82. The second-order valence-electron chi connectivity index (χ2n) is 7.80. The predicted molar refractivity (Wildman–Crippen MR) is 86.7 cm³/mol. The molecule has 1 aliphatic carbocycles. The van der Waals surface area contributed by atoms with Crippen molar-refractivity contribution in [2.45, 2.75) is 77.5 Å². The molecule has 0 heterocycles. The van der Waals surface area contributed by atoms with Gasteiger partial charge in [0.25, 0.3) is 0 Å². The summed E-state index contributed by atoms with van der Waals surface area (Å²) in [6, 6.07) is 0.486. The first kappa shape index (κ1) is 18.0. The van der Waals surface area contributed by atoms with Crippen LogP contribution in [0.3, 0.4) is 0 Å². The molecule has 0 saturated heterocycles. The zero-order valence-corrected chi connectivity index (χ0v) is 14.9. The van der Waals surface area contributed by atoms with Crippen LogP contribution in [0.2, 0.25) is 0 Å². The lowest BCUT2D eigenvalue weighted by molar-refractivity contribution is 0.136. The zero-order chi connectivity index (χ0) is 15.6. The van der Waals surface area contributed by atoms with E-state index in [1.54, 1.807) is 13.8 Å². The van der Waals surface area contributed by atoms with Crippen molar-refractivity contribution in [3.8, 4) is 0 Å². The predicted octanol–water partition coefficient (Wildman–Crippen LogP) is 3.39. The molecule has 0 aromatic heterocycles. The minimum atomic E-state index is -3.00. The Labute approximate surface area is 125 Å². The van der Waals surface area contributed by atoms with E-state index in [0.717, 1.165) is 5.92 Å². The molecule has 0 spiro atoms. The fourth-order valence-corrected chi connectivity index (χ4v) is 3.23. The van der Waals surface area contributed by atoms with Crippen LogP contribution in [0.25, 0.3) is 0 Å². The number of rotatable bonds is 6. The zero-order valence-electron chi connectivity index (χ0n) is 14.1. The lowest BCUT2D eigenvalue weighted by Crippen LogP contribution is -2.46. The highest BCUT2D eigenvalue weighted by molar-refractivity contribution is 7.92. The maximum Gasteiger partial charge on any atom is 0.153 e. The van der Waals surface area contributed by atoms with Crippen molar-refractivity contribution in [2.75, 3.05) is 12.8 Å². The van der Waals surface area contributed by atoms with E-state index in [1.165, 1.54) is 38.4 Å². The second-order valence-corrected chi connectivity index (χ2v) is 10.5. The van der Waals surface area contributed by atoms with Crippen LogP contribution in [-0.4, -0.2) is 32.0 Å². The van der Waals surface area contributed by atoms with Crippen LogP contribution in [0.4, 0.5) is 0 Å². The standard InChI is InChI=1S/C16H33NO2S/c1-7-15(2,3)13-8-10-14(11-9-13)17-12-16(4,5)20(6,18)19/h13-14,17H,7-12H2,1-6H3. The summed E-state index contributed by atoms with van der Waals surface area (Å²) in [5.74, 6) is 0.813. The van der Waals surface area contributed by atoms with Crippen LogP contribution in [0, 0.1) is 11.3 Å². The molecule has 0 aromatic rings. The van der Waals surface area contributed by atoms with Crippen LogP contribution in [0.1, 0.15) is 66.7 Å². The van der Waals surface area contributed by atoms with Crippen LogP contribution < -0.4 is 5.32 Å². The van der Waals surface area contributed by atoms with E-state index in [9.17, 15) is 8.42 Å². The monoisotopic (exact) mass is 303 g/mol. The van der Waals surface area contributed by atoms with Gasteiger partial charge in [-0.2, -0.15) is 0 Å². The molecule has 120 valence electrons. The van der Waals surface area contributed by atoms with Crippen molar-refractivity contribution in [3.63, 3.8) is 0 Å². The van der Waals surface area contributed by atoms with E-state index < -0.39 is 14.6 Å². The highest BCUT2D eigenvalue weighted by Gasteiger charge is 2.34.